The minimum absolute atomic E-state index is 0.0587. The second-order valence-corrected chi connectivity index (χ2v) is 10.0. The molecule has 8 nitrogen and oxygen atoms in total. The number of halogens is 6. The van der Waals surface area contributed by atoms with Crippen LogP contribution in [0.2, 0.25) is 0 Å². The molecule has 2 aliphatic rings. The number of aromatic nitrogens is 1. The molecule has 0 spiro atoms. The number of amides is 2. The number of nitrogens with zero attached hydrogens (tertiary/aromatic N) is 1. The van der Waals surface area contributed by atoms with Crippen LogP contribution in [-0.2, 0) is 19.9 Å². The molecule has 1 aliphatic carbocycles. The number of benzene rings is 1. The first-order valence-electron chi connectivity index (χ1n) is 12.9. The molecule has 1 atom stereocenters. The Hall–Kier alpha value is -4.10. The van der Waals surface area contributed by atoms with E-state index in [1.54, 1.807) is 0 Å². The SMILES string of the molecule is COc1ccc(C2=C(CNC(=O)C3CC(=O)C3)C(=O)N[C@@](c3ccc(OCCCC(F)(F)F)cc3)(C(F)(F)F)C2)nc1. The Balaban J connectivity index is 1.65. The average Bonchev–Trinajstić information content (AvgIpc) is 2.91. The average molecular weight is 600 g/mol. The number of alkyl halides is 6. The van der Waals surface area contributed by atoms with Gasteiger partial charge in [-0.1, -0.05) is 12.1 Å². The van der Waals surface area contributed by atoms with Crippen LogP contribution in [0.5, 0.6) is 11.5 Å². The van der Waals surface area contributed by atoms with E-state index in [4.69, 9.17) is 9.47 Å². The van der Waals surface area contributed by atoms with Gasteiger partial charge in [0, 0.05) is 37.8 Å². The van der Waals surface area contributed by atoms with Crippen molar-refractivity contribution in [1.82, 2.24) is 15.6 Å². The first-order chi connectivity index (χ1) is 19.7. The second-order valence-electron chi connectivity index (χ2n) is 10.0. The predicted octanol–water partition coefficient (Wildman–Crippen LogP) is 4.64. The Morgan fingerprint density at radius 1 is 1.05 bits per heavy atom. The monoisotopic (exact) mass is 599 g/mol. The first kappa shape index (κ1) is 30.8. The number of carbonyl (C=O) groups excluding carboxylic acids is 3. The van der Waals surface area contributed by atoms with Crippen LogP contribution < -0.4 is 20.1 Å². The summed E-state index contributed by atoms with van der Waals surface area (Å²) in [5.41, 5.74) is -3.36. The van der Waals surface area contributed by atoms with Crippen molar-refractivity contribution in [2.75, 3.05) is 20.3 Å². The van der Waals surface area contributed by atoms with Crippen LogP contribution >= 0.6 is 0 Å². The van der Waals surface area contributed by atoms with Crippen LogP contribution in [0.25, 0.3) is 5.57 Å². The van der Waals surface area contributed by atoms with Gasteiger partial charge in [-0.3, -0.25) is 19.4 Å². The highest BCUT2D eigenvalue weighted by atomic mass is 19.4. The lowest BCUT2D eigenvalue weighted by Crippen LogP contribution is -2.59. The molecular formula is C28H27F6N3O5. The number of hydrogen-bond donors (Lipinski definition) is 2. The second kappa shape index (κ2) is 12.0. The molecule has 1 aromatic carbocycles. The fourth-order valence-electron chi connectivity index (χ4n) is 4.74. The van der Waals surface area contributed by atoms with Gasteiger partial charge in [-0.15, -0.1) is 0 Å². The summed E-state index contributed by atoms with van der Waals surface area (Å²) in [5, 5.41) is 4.63. The highest BCUT2D eigenvalue weighted by Gasteiger charge is 2.59. The molecule has 42 heavy (non-hydrogen) atoms. The van der Waals surface area contributed by atoms with Gasteiger partial charge in [0.05, 0.1) is 31.5 Å². The summed E-state index contributed by atoms with van der Waals surface area (Å²) in [6.45, 7) is -0.683. The van der Waals surface area contributed by atoms with Crippen molar-refractivity contribution in [2.45, 2.75) is 50.0 Å². The molecule has 226 valence electrons. The van der Waals surface area contributed by atoms with E-state index in [0.29, 0.717) is 5.75 Å². The highest BCUT2D eigenvalue weighted by molar-refractivity contribution is 6.05. The zero-order valence-corrected chi connectivity index (χ0v) is 22.3. The summed E-state index contributed by atoms with van der Waals surface area (Å²) in [4.78, 5) is 41.2. The third-order valence-corrected chi connectivity index (χ3v) is 7.15. The summed E-state index contributed by atoms with van der Waals surface area (Å²) in [6, 6.07) is 7.43. The lowest BCUT2D eigenvalue weighted by atomic mass is 9.77. The third kappa shape index (κ3) is 6.85. The summed E-state index contributed by atoms with van der Waals surface area (Å²) in [7, 11) is 1.38. The van der Waals surface area contributed by atoms with Crippen LogP contribution in [0, 0.1) is 5.92 Å². The molecule has 0 radical (unpaired) electrons. The maximum atomic E-state index is 14.8. The molecule has 1 aromatic heterocycles. The Bertz CT molecular complexity index is 1350. The van der Waals surface area contributed by atoms with Gasteiger partial charge in [-0.25, -0.2) is 0 Å². The molecule has 2 aromatic rings. The Morgan fingerprint density at radius 2 is 1.71 bits per heavy atom. The van der Waals surface area contributed by atoms with E-state index in [-0.39, 0.29) is 59.8 Å². The van der Waals surface area contributed by atoms with E-state index in [0.717, 1.165) is 12.1 Å². The van der Waals surface area contributed by atoms with Gasteiger partial charge >= 0.3 is 12.4 Å². The lowest BCUT2D eigenvalue weighted by Gasteiger charge is -2.41. The van der Waals surface area contributed by atoms with Crippen molar-refractivity contribution in [3.63, 3.8) is 0 Å². The van der Waals surface area contributed by atoms with Crippen LogP contribution in [0.1, 0.15) is 43.4 Å². The van der Waals surface area contributed by atoms with Gasteiger partial charge in [0.15, 0.2) is 5.54 Å². The molecule has 0 unspecified atom stereocenters. The fourth-order valence-corrected chi connectivity index (χ4v) is 4.74. The third-order valence-electron chi connectivity index (χ3n) is 7.15. The number of pyridine rings is 1. The minimum atomic E-state index is -5.00. The van der Waals surface area contributed by atoms with Crippen molar-refractivity contribution < 1.29 is 50.2 Å². The molecule has 2 N–H and O–H groups in total. The fraction of sp³-hybridized carbons (Fsp3) is 0.429. The Labute approximate surface area is 236 Å². The van der Waals surface area contributed by atoms with E-state index >= 15 is 0 Å². The van der Waals surface area contributed by atoms with Crippen molar-refractivity contribution in [1.29, 1.82) is 0 Å². The molecule has 1 aliphatic heterocycles. The Morgan fingerprint density at radius 3 is 2.26 bits per heavy atom. The number of hydrogen-bond acceptors (Lipinski definition) is 6. The molecule has 1 fully saturated rings. The van der Waals surface area contributed by atoms with E-state index in [9.17, 15) is 40.7 Å². The van der Waals surface area contributed by atoms with Gasteiger partial charge in [0.1, 0.15) is 17.3 Å². The number of ketones is 1. The largest absolute Gasteiger partial charge is 0.495 e. The number of rotatable bonds is 10. The minimum Gasteiger partial charge on any atom is -0.495 e. The van der Waals surface area contributed by atoms with Gasteiger partial charge in [-0.2, -0.15) is 26.3 Å². The zero-order chi connectivity index (χ0) is 30.7. The number of nitrogens with one attached hydrogen (secondary N) is 2. The lowest BCUT2D eigenvalue weighted by molar-refractivity contribution is -0.201. The zero-order valence-electron chi connectivity index (χ0n) is 22.3. The van der Waals surface area contributed by atoms with Crippen molar-refractivity contribution >= 4 is 23.2 Å². The van der Waals surface area contributed by atoms with Gasteiger partial charge in [-0.05, 0) is 41.8 Å². The normalized spacial score (nSPS) is 19.7. The topological polar surface area (TPSA) is 107 Å². The van der Waals surface area contributed by atoms with E-state index < -0.39 is 55.0 Å². The molecule has 2 amide bonds. The van der Waals surface area contributed by atoms with Crippen molar-refractivity contribution in [2.24, 2.45) is 5.92 Å². The summed E-state index contributed by atoms with van der Waals surface area (Å²) >= 11 is 0. The molecule has 4 rings (SSSR count). The number of Topliss-reactive ketones (excluding diaryl/α,β-unsaturated/α-hetero) is 1. The molecule has 0 saturated heterocycles. The summed E-state index contributed by atoms with van der Waals surface area (Å²) in [6.07, 6.45) is -10.1. The molecular weight excluding hydrogens is 572 g/mol. The summed E-state index contributed by atoms with van der Waals surface area (Å²) in [5.74, 6) is -1.82. The van der Waals surface area contributed by atoms with Crippen LogP contribution in [0.3, 0.4) is 0 Å². The number of ether oxygens (including phenoxy) is 2. The Kier molecular flexibility index (Phi) is 8.83. The van der Waals surface area contributed by atoms with Gasteiger partial charge in [0.25, 0.3) is 0 Å². The van der Waals surface area contributed by atoms with Gasteiger partial charge in [0.2, 0.25) is 11.8 Å². The maximum Gasteiger partial charge on any atom is 0.416 e. The standard InChI is InChI=1S/C28H27F6N3O5/c1-41-20-7-8-23(35-14-20)21-13-26(28(32,33)34,17-3-5-19(6-4-17)42-10-2-9-27(29,30)31)37-25(40)22(21)15-36-24(39)16-11-18(38)12-16/h3-8,14,16H,2,9-13,15H2,1H3,(H,36,39)(H,37,40)/t26-/m0/s1. The quantitative estimate of drug-likeness (QED) is 0.305. The van der Waals surface area contributed by atoms with Crippen LogP contribution in [-0.4, -0.2) is 55.2 Å². The van der Waals surface area contributed by atoms with Crippen LogP contribution in [0.4, 0.5) is 26.3 Å². The van der Waals surface area contributed by atoms with E-state index in [1.165, 1.54) is 37.6 Å². The predicted molar refractivity (Wildman–Crippen MR) is 136 cm³/mol. The molecule has 0 bridgehead atoms. The molecule has 1 saturated carbocycles. The maximum absolute atomic E-state index is 14.8. The number of carbonyl (C=O) groups is 3. The first-order valence-corrected chi connectivity index (χ1v) is 12.9. The molecule has 2 heterocycles. The molecule has 14 heteroatoms. The summed E-state index contributed by atoms with van der Waals surface area (Å²) < 4.78 is 91.9. The van der Waals surface area contributed by atoms with E-state index in [1.807, 2.05) is 0 Å². The van der Waals surface area contributed by atoms with Crippen molar-refractivity contribution in [3.05, 3.63) is 59.4 Å². The van der Waals surface area contributed by atoms with E-state index in [2.05, 4.69) is 15.6 Å². The highest BCUT2D eigenvalue weighted by Crippen LogP contribution is 2.48. The smallest absolute Gasteiger partial charge is 0.416 e. The van der Waals surface area contributed by atoms with Crippen molar-refractivity contribution in [3.8, 4) is 11.5 Å². The van der Waals surface area contributed by atoms with Crippen LogP contribution in [0.15, 0.2) is 48.2 Å². The van der Waals surface area contributed by atoms with Gasteiger partial charge < -0.3 is 20.1 Å². The number of methoxy groups -OCH3 is 1.